The maximum absolute atomic E-state index is 13.0. The van der Waals surface area contributed by atoms with E-state index in [1.807, 2.05) is 4.90 Å². The highest BCUT2D eigenvalue weighted by atomic mass is 16.3. The van der Waals surface area contributed by atoms with Gasteiger partial charge in [0.2, 0.25) is 0 Å². The van der Waals surface area contributed by atoms with Crippen LogP contribution in [0.1, 0.15) is 47.4 Å². The summed E-state index contributed by atoms with van der Waals surface area (Å²) in [5.74, 6) is 1.27. The highest BCUT2D eigenvalue weighted by Gasteiger charge is 2.34. The number of aryl methyl sites for hydroxylation is 1. The lowest BCUT2D eigenvalue weighted by atomic mass is 9.96. The number of nitrogens with zero attached hydrogens (tertiary/aromatic N) is 3. The molecule has 2 fully saturated rings. The number of hydrogen-bond donors (Lipinski definition) is 1. The number of benzene rings is 2. The lowest BCUT2D eigenvalue weighted by molar-refractivity contribution is 0.0697. The maximum Gasteiger partial charge on any atom is 0.290 e. The van der Waals surface area contributed by atoms with Crippen molar-refractivity contribution in [3.8, 4) is 11.1 Å². The molecule has 0 aliphatic heterocycles. The summed E-state index contributed by atoms with van der Waals surface area (Å²) in [6.07, 6.45) is 7.67. The Morgan fingerprint density at radius 2 is 1.97 bits per heavy atom. The van der Waals surface area contributed by atoms with Crippen molar-refractivity contribution in [2.75, 3.05) is 5.32 Å². The van der Waals surface area contributed by atoms with Crippen LogP contribution in [0.25, 0.3) is 22.0 Å². The van der Waals surface area contributed by atoms with Crippen LogP contribution >= 0.6 is 0 Å². The Hall–Kier alpha value is -3.67. The molecule has 4 aromatic rings. The quantitative estimate of drug-likeness (QED) is 0.408. The molecule has 0 spiro atoms. The van der Waals surface area contributed by atoms with Gasteiger partial charge in [-0.3, -0.25) is 4.79 Å². The minimum absolute atomic E-state index is 0.0391. The predicted molar refractivity (Wildman–Crippen MR) is 128 cm³/mol. The summed E-state index contributed by atoms with van der Waals surface area (Å²) in [6, 6.07) is 17.1. The Kier molecular flexibility index (Phi) is 4.86. The first-order valence-electron chi connectivity index (χ1n) is 11.6. The van der Waals surface area contributed by atoms with Crippen LogP contribution in [0.3, 0.4) is 0 Å². The molecule has 2 heterocycles. The first-order chi connectivity index (χ1) is 16.2. The molecule has 2 aliphatic carbocycles. The summed E-state index contributed by atoms with van der Waals surface area (Å²) >= 11 is 0. The predicted octanol–water partition coefficient (Wildman–Crippen LogP) is 5.58. The number of carbonyl (C=O) groups is 1. The zero-order valence-electron chi connectivity index (χ0n) is 18.6. The minimum Gasteiger partial charge on any atom is -0.459 e. The molecule has 1 amide bonds. The molecule has 0 atom stereocenters. The van der Waals surface area contributed by atoms with Gasteiger partial charge in [0, 0.05) is 24.0 Å². The van der Waals surface area contributed by atoms with Crippen molar-refractivity contribution in [3.63, 3.8) is 0 Å². The molecule has 2 saturated carbocycles. The fraction of sp³-hybridized carbons (Fsp3) is 0.296. The molecular weight excluding hydrogens is 412 g/mol. The summed E-state index contributed by atoms with van der Waals surface area (Å²) in [5.41, 5.74) is 5.53. The summed E-state index contributed by atoms with van der Waals surface area (Å²) in [4.78, 5) is 23.9. The van der Waals surface area contributed by atoms with E-state index < -0.39 is 0 Å². The number of carbonyl (C=O) groups excluding carboxylic acids is 1. The van der Waals surface area contributed by atoms with E-state index in [0.717, 1.165) is 46.3 Å². The molecule has 6 nitrogen and oxygen atoms in total. The number of amides is 1. The molecule has 6 heteroatoms. The fourth-order valence-corrected chi connectivity index (χ4v) is 4.38. The first-order valence-corrected chi connectivity index (χ1v) is 11.6. The van der Waals surface area contributed by atoms with Gasteiger partial charge < -0.3 is 14.6 Å². The Morgan fingerprint density at radius 3 is 2.73 bits per heavy atom. The fourth-order valence-electron chi connectivity index (χ4n) is 4.38. The van der Waals surface area contributed by atoms with Crippen LogP contribution in [-0.4, -0.2) is 32.9 Å². The molecule has 166 valence electrons. The Labute approximate surface area is 192 Å². The number of hydrogen-bond acceptors (Lipinski definition) is 5. The average molecular weight is 439 g/mol. The zero-order valence-corrected chi connectivity index (χ0v) is 18.6. The molecule has 2 aromatic carbocycles. The lowest BCUT2D eigenvalue weighted by Gasteiger charge is -2.22. The average Bonchev–Trinajstić information content (AvgIpc) is 3.76. The van der Waals surface area contributed by atoms with Crippen molar-refractivity contribution in [3.05, 3.63) is 78.0 Å². The van der Waals surface area contributed by atoms with Crippen LogP contribution in [0, 0.1) is 6.92 Å². The molecule has 0 unspecified atom stereocenters. The van der Waals surface area contributed by atoms with Gasteiger partial charge in [-0.05, 0) is 85.2 Å². The third-order valence-corrected chi connectivity index (χ3v) is 6.47. The molecule has 2 aliphatic rings. The Bertz CT molecular complexity index is 1320. The zero-order chi connectivity index (χ0) is 22.4. The van der Waals surface area contributed by atoms with Crippen molar-refractivity contribution in [2.45, 2.75) is 51.2 Å². The number of furan rings is 1. The highest BCUT2D eigenvalue weighted by molar-refractivity contribution is 5.94. The molecular formula is C27H26N4O2. The van der Waals surface area contributed by atoms with Crippen LogP contribution in [-0.2, 0) is 6.54 Å². The highest BCUT2D eigenvalue weighted by Crippen LogP contribution is 2.34. The van der Waals surface area contributed by atoms with Gasteiger partial charge in [0.15, 0.2) is 5.76 Å². The number of aromatic nitrogens is 2. The van der Waals surface area contributed by atoms with Gasteiger partial charge >= 0.3 is 0 Å². The van der Waals surface area contributed by atoms with E-state index in [4.69, 9.17) is 4.42 Å². The van der Waals surface area contributed by atoms with E-state index in [9.17, 15) is 4.79 Å². The number of fused-ring (bicyclic) bond motifs is 1. The second kappa shape index (κ2) is 8.03. The SMILES string of the molecule is Cc1cc2ncnc(NC3CC3)c2cc1-c1cccc(CN(C(=O)c2ccco2)C2CC2)c1. The molecule has 6 rings (SSSR count). The summed E-state index contributed by atoms with van der Waals surface area (Å²) in [5, 5.41) is 4.58. The van der Waals surface area contributed by atoms with Crippen molar-refractivity contribution in [2.24, 2.45) is 0 Å². The van der Waals surface area contributed by atoms with E-state index in [1.165, 1.54) is 18.4 Å². The van der Waals surface area contributed by atoms with E-state index in [-0.39, 0.29) is 5.91 Å². The molecule has 33 heavy (non-hydrogen) atoms. The van der Waals surface area contributed by atoms with E-state index in [0.29, 0.717) is 24.4 Å². The number of rotatable bonds is 7. The van der Waals surface area contributed by atoms with Crippen LogP contribution in [0.15, 0.2) is 65.5 Å². The van der Waals surface area contributed by atoms with Crippen molar-refractivity contribution >= 4 is 22.6 Å². The molecule has 2 aromatic heterocycles. The summed E-state index contributed by atoms with van der Waals surface area (Å²) < 4.78 is 5.38. The Morgan fingerprint density at radius 1 is 1.09 bits per heavy atom. The van der Waals surface area contributed by atoms with Crippen LogP contribution < -0.4 is 5.32 Å². The second-order valence-electron chi connectivity index (χ2n) is 9.17. The number of anilines is 1. The standard InChI is InChI=1S/C27H26N4O2/c1-17-12-24-23(26(29-16-28-24)30-20-7-8-20)14-22(17)19-5-2-4-18(13-19)15-31(21-9-10-21)27(32)25-6-3-11-33-25/h2-6,11-14,16,20-21H,7-10,15H2,1H3,(H,28,29,30). The molecule has 0 bridgehead atoms. The minimum atomic E-state index is -0.0391. The van der Waals surface area contributed by atoms with Gasteiger partial charge in [0.25, 0.3) is 5.91 Å². The van der Waals surface area contributed by atoms with Gasteiger partial charge in [0.05, 0.1) is 11.8 Å². The van der Waals surface area contributed by atoms with Gasteiger partial charge in [0.1, 0.15) is 12.1 Å². The second-order valence-corrected chi connectivity index (χ2v) is 9.17. The first kappa shape index (κ1) is 20.0. The van der Waals surface area contributed by atoms with E-state index >= 15 is 0 Å². The van der Waals surface area contributed by atoms with Crippen LogP contribution in [0.4, 0.5) is 5.82 Å². The summed E-state index contributed by atoms with van der Waals surface area (Å²) in [6.45, 7) is 2.69. The van der Waals surface area contributed by atoms with Gasteiger partial charge in [-0.2, -0.15) is 0 Å². The molecule has 0 saturated heterocycles. The van der Waals surface area contributed by atoms with Gasteiger partial charge in [-0.25, -0.2) is 9.97 Å². The van der Waals surface area contributed by atoms with E-state index in [2.05, 4.69) is 58.6 Å². The van der Waals surface area contributed by atoms with Gasteiger partial charge in [-0.1, -0.05) is 18.2 Å². The maximum atomic E-state index is 13.0. The van der Waals surface area contributed by atoms with Crippen LogP contribution in [0.5, 0.6) is 0 Å². The van der Waals surface area contributed by atoms with Gasteiger partial charge in [-0.15, -0.1) is 0 Å². The summed E-state index contributed by atoms with van der Waals surface area (Å²) in [7, 11) is 0. The lowest BCUT2D eigenvalue weighted by Crippen LogP contribution is -2.32. The third-order valence-electron chi connectivity index (χ3n) is 6.47. The van der Waals surface area contributed by atoms with Crippen molar-refractivity contribution in [1.82, 2.24) is 14.9 Å². The Balaban J connectivity index is 1.33. The largest absolute Gasteiger partial charge is 0.459 e. The van der Waals surface area contributed by atoms with Crippen molar-refractivity contribution < 1.29 is 9.21 Å². The normalized spacial score (nSPS) is 15.5. The molecule has 0 radical (unpaired) electrons. The smallest absolute Gasteiger partial charge is 0.290 e. The monoisotopic (exact) mass is 438 g/mol. The third kappa shape index (κ3) is 4.09. The van der Waals surface area contributed by atoms with Crippen molar-refractivity contribution in [1.29, 1.82) is 0 Å². The van der Waals surface area contributed by atoms with Crippen LogP contribution in [0.2, 0.25) is 0 Å². The van der Waals surface area contributed by atoms with E-state index in [1.54, 1.807) is 24.7 Å². The molecule has 1 N–H and O–H groups in total. The topological polar surface area (TPSA) is 71.3 Å². The number of nitrogens with one attached hydrogen (secondary N) is 1.